The van der Waals surface area contributed by atoms with Gasteiger partial charge in [-0.05, 0) is 52.3 Å². The van der Waals surface area contributed by atoms with E-state index in [0.717, 1.165) is 0 Å². The van der Waals surface area contributed by atoms with Crippen LogP contribution in [0.15, 0.2) is 46.9 Å². The first-order chi connectivity index (χ1) is 9.11. The summed E-state index contributed by atoms with van der Waals surface area (Å²) >= 11 is 9.32. The molecule has 0 spiro atoms. The van der Waals surface area contributed by atoms with Crippen molar-refractivity contribution in [1.29, 1.82) is 5.26 Å². The number of amides is 1. The number of rotatable bonds is 2. The van der Waals surface area contributed by atoms with Gasteiger partial charge < -0.3 is 5.32 Å². The Labute approximate surface area is 123 Å². The van der Waals surface area contributed by atoms with Crippen molar-refractivity contribution < 1.29 is 4.79 Å². The summed E-state index contributed by atoms with van der Waals surface area (Å²) in [5.41, 5.74) is 1.54. The Morgan fingerprint density at radius 2 is 1.89 bits per heavy atom. The van der Waals surface area contributed by atoms with Crippen LogP contribution in [0, 0.1) is 11.3 Å². The fourth-order valence-corrected chi connectivity index (χ4v) is 2.08. The Balaban J connectivity index is 2.21. The van der Waals surface area contributed by atoms with E-state index >= 15 is 0 Å². The molecule has 0 aromatic heterocycles. The van der Waals surface area contributed by atoms with E-state index < -0.39 is 0 Å². The van der Waals surface area contributed by atoms with Gasteiger partial charge in [0.1, 0.15) is 0 Å². The minimum Gasteiger partial charge on any atom is -0.322 e. The summed E-state index contributed by atoms with van der Waals surface area (Å²) in [6.45, 7) is 0. The Hall–Kier alpha value is -1.83. The van der Waals surface area contributed by atoms with Crippen LogP contribution in [0.25, 0.3) is 0 Å². The lowest BCUT2D eigenvalue weighted by Crippen LogP contribution is -2.12. The van der Waals surface area contributed by atoms with Gasteiger partial charge in [0.2, 0.25) is 0 Å². The summed E-state index contributed by atoms with van der Waals surface area (Å²) < 4.78 is 0.668. The van der Waals surface area contributed by atoms with E-state index in [1.165, 1.54) is 0 Å². The van der Waals surface area contributed by atoms with Crippen molar-refractivity contribution in [3.8, 4) is 6.07 Å². The van der Waals surface area contributed by atoms with Crippen molar-refractivity contribution >= 4 is 39.1 Å². The number of carbonyl (C=O) groups excluding carboxylic acids is 1. The first kappa shape index (κ1) is 13.6. The Morgan fingerprint density at radius 3 is 2.53 bits per heavy atom. The molecule has 0 unspecified atom stereocenters. The van der Waals surface area contributed by atoms with E-state index in [0.29, 0.717) is 26.3 Å². The Morgan fingerprint density at radius 1 is 1.21 bits per heavy atom. The summed E-state index contributed by atoms with van der Waals surface area (Å²) in [6, 6.07) is 13.8. The lowest BCUT2D eigenvalue weighted by atomic mass is 10.2. The van der Waals surface area contributed by atoms with Crippen LogP contribution in [-0.4, -0.2) is 5.91 Å². The second-order valence-corrected chi connectivity index (χ2v) is 4.98. The molecular weight excluding hydrogens is 328 g/mol. The molecule has 0 saturated heterocycles. The molecule has 2 rings (SSSR count). The maximum atomic E-state index is 12.1. The molecule has 0 heterocycles. The third-order valence-corrected chi connectivity index (χ3v) is 3.76. The summed E-state index contributed by atoms with van der Waals surface area (Å²) in [4.78, 5) is 12.1. The summed E-state index contributed by atoms with van der Waals surface area (Å²) in [7, 11) is 0. The van der Waals surface area contributed by atoms with E-state index in [2.05, 4.69) is 21.2 Å². The molecule has 3 nitrogen and oxygen atoms in total. The molecule has 1 N–H and O–H groups in total. The highest BCUT2D eigenvalue weighted by molar-refractivity contribution is 9.10. The van der Waals surface area contributed by atoms with Gasteiger partial charge in [0, 0.05) is 10.2 Å². The number of hydrogen-bond acceptors (Lipinski definition) is 2. The molecular formula is C14H8BrClN2O. The van der Waals surface area contributed by atoms with Crippen LogP contribution in [0.2, 0.25) is 5.02 Å². The SMILES string of the molecule is N#Cc1ccc(NC(=O)c2cccc(Br)c2Cl)cc1. The van der Waals surface area contributed by atoms with Crippen molar-refractivity contribution in [2.24, 2.45) is 0 Å². The van der Waals surface area contributed by atoms with Gasteiger partial charge in [-0.2, -0.15) is 5.26 Å². The molecule has 19 heavy (non-hydrogen) atoms. The molecule has 1 amide bonds. The largest absolute Gasteiger partial charge is 0.322 e. The highest BCUT2D eigenvalue weighted by atomic mass is 79.9. The maximum Gasteiger partial charge on any atom is 0.257 e. The monoisotopic (exact) mass is 334 g/mol. The number of benzene rings is 2. The molecule has 0 saturated carbocycles. The molecule has 0 aliphatic heterocycles. The molecule has 0 fully saturated rings. The highest BCUT2D eigenvalue weighted by Gasteiger charge is 2.12. The zero-order chi connectivity index (χ0) is 13.8. The number of halogens is 2. The molecule has 0 aliphatic rings. The third kappa shape index (κ3) is 3.14. The second kappa shape index (κ2) is 5.87. The Bertz CT molecular complexity index is 662. The molecule has 94 valence electrons. The lowest BCUT2D eigenvalue weighted by Gasteiger charge is -2.07. The number of nitriles is 1. The number of nitrogens with zero attached hydrogens (tertiary/aromatic N) is 1. The van der Waals surface area contributed by atoms with Crippen LogP contribution in [0.5, 0.6) is 0 Å². The van der Waals surface area contributed by atoms with Crippen molar-refractivity contribution in [1.82, 2.24) is 0 Å². The molecule has 2 aromatic rings. The maximum absolute atomic E-state index is 12.1. The average Bonchev–Trinajstić information content (AvgIpc) is 2.42. The fourth-order valence-electron chi connectivity index (χ4n) is 1.51. The molecule has 0 bridgehead atoms. The third-order valence-electron chi connectivity index (χ3n) is 2.47. The van der Waals surface area contributed by atoms with E-state index in [1.807, 2.05) is 6.07 Å². The van der Waals surface area contributed by atoms with E-state index in [9.17, 15) is 4.79 Å². The standard InChI is InChI=1S/C14H8BrClN2O/c15-12-3-1-2-11(13(12)16)14(19)18-10-6-4-9(8-17)5-7-10/h1-7H,(H,18,19). The molecule has 2 aromatic carbocycles. The molecule has 5 heteroatoms. The number of hydrogen-bond donors (Lipinski definition) is 1. The van der Waals surface area contributed by atoms with Crippen LogP contribution in [0.3, 0.4) is 0 Å². The first-order valence-corrected chi connectivity index (χ1v) is 6.54. The van der Waals surface area contributed by atoms with Gasteiger partial charge in [0.25, 0.3) is 5.91 Å². The van der Waals surface area contributed by atoms with Gasteiger partial charge in [0.15, 0.2) is 0 Å². The summed E-state index contributed by atoms with van der Waals surface area (Å²) in [5, 5.41) is 11.8. The number of carbonyl (C=O) groups is 1. The van der Waals surface area contributed by atoms with E-state index in [-0.39, 0.29) is 5.91 Å². The normalized spacial score (nSPS) is 9.74. The second-order valence-electron chi connectivity index (χ2n) is 3.74. The zero-order valence-electron chi connectivity index (χ0n) is 9.65. The van der Waals surface area contributed by atoms with Gasteiger partial charge in [-0.1, -0.05) is 17.7 Å². The fraction of sp³-hybridized carbons (Fsp3) is 0. The quantitative estimate of drug-likeness (QED) is 0.893. The minimum atomic E-state index is -0.295. The predicted molar refractivity (Wildman–Crippen MR) is 78.3 cm³/mol. The number of nitrogens with one attached hydrogen (secondary N) is 1. The molecule has 0 atom stereocenters. The van der Waals surface area contributed by atoms with E-state index in [4.69, 9.17) is 16.9 Å². The van der Waals surface area contributed by atoms with Crippen molar-refractivity contribution in [3.63, 3.8) is 0 Å². The first-order valence-electron chi connectivity index (χ1n) is 5.37. The van der Waals surface area contributed by atoms with Crippen molar-refractivity contribution in [3.05, 3.63) is 63.1 Å². The minimum absolute atomic E-state index is 0.295. The van der Waals surface area contributed by atoms with Gasteiger partial charge in [-0.25, -0.2) is 0 Å². The van der Waals surface area contributed by atoms with Gasteiger partial charge in [0.05, 0.1) is 22.2 Å². The highest BCUT2D eigenvalue weighted by Crippen LogP contribution is 2.26. The summed E-state index contributed by atoms with van der Waals surface area (Å²) in [5.74, 6) is -0.295. The number of anilines is 1. The van der Waals surface area contributed by atoms with Crippen LogP contribution >= 0.6 is 27.5 Å². The van der Waals surface area contributed by atoms with E-state index in [1.54, 1.807) is 42.5 Å². The lowest BCUT2D eigenvalue weighted by molar-refractivity contribution is 0.102. The van der Waals surface area contributed by atoms with Crippen molar-refractivity contribution in [2.75, 3.05) is 5.32 Å². The smallest absolute Gasteiger partial charge is 0.257 e. The van der Waals surface area contributed by atoms with Gasteiger partial charge in [-0.15, -0.1) is 0 Å². The van der Waals surface area contributed by atoms with Crippen molar-refractivity contribution in [2.45, 2.75) is 0 Å². The topological polar surface area (TPSA) is 52.9 Å². The van der Waals surface area contributed by atoms with Crippen LogP contribution in [-0.2, 0) is 0 Å². The zero-order valence-corrected chi connectivity index (χ0v) is 12.0. The van der Waals surface area contributed by atoms with Crippen LogP contribution in [0.1, 0.15) is 15.9 Å². The predicted octanol–water partition coefficient (Wildman–Crippen LogP) is 4.23. The average molecular weight is 336 g/mol. The molecule has 0 radical (unpaired) electrons. The van der Waals surface area contributed by atoms with Crippen LogP contribution < -0.4 is 5.32 Å². The molecule has 0 aliphatic carbocycles. The van der Waals surface area contributed by atoms with Gasteiger partial charge in [-0.3, -0.25) is 4.79 Å². The van der Waals surface area contributed by atoms with Crippen LogP contribution in [0.4, 0.5) is 5.69 Å². The summed E-state index contributed by atoms with van der Waals surface area (Å²) in [6.07, 6.45) is 0. The Kier molecular flexibility index (Phi) is 4.20. The van der Waals surface area contributed by atoms with Gasteiger partial charge >= 0.3 is 0 Å².